The average molecular weight is 482 g/mol. The molecular formula is C17H31IN4O2S. The van der Waals surface area contributed by atoms with E-state index in [2.05, 4.69) is 22.0 Å². The number of benzene rings is 1. The van der Waals surface area contributed by atoms with Crippen molar-refractivity contribution in [3.8, 4) is 0 Å². The first-order chi connectivity index (χ1) is 11.6. The lowest BCUT2D eigenvalue weighted by Gasteiger charge is -2.08. The molecule has 0 amide bonds. The van der Waals surface area contributed by atoms with Gasteiger partial charge in [-0.3, -0.25) is 4.99 Å². The Balaban J connectivity index is 0.00000576. The van der Waals surface area contributed by atoms with Crippen molar-refractivity contribution in [1.82, 2.24) is 10.0 Å². The minimum atomic E-state index is -3.46. The van der Waals surface area contributed by atoms with Crippen molar-refractivity contribution >= 4 is 40.0 Å². The number of hydrogen-bond acceptors (Lipinski definition) is 3. The normalized spacial score (nSPS) is 11.8. The van der Waals surface area contributed by atoms with E-state index in [0.717, 1.165) is 6.42 Å². The van der Waals surface area contributed by atoms with Crippen molar-refractivity contribution in [2.75, 3.05) is 19.6 Å². The molecular weight excluding hydrogens is 451 g/mol. The SMILES string of the molecule is CCCCCCCCN=C(N)NCCNS(=O)(=O)c1ccccc1.I. The van der Waals surface area contributed by atoms with Crippen LogP contribution in [-0.2, 0) is 10.0 Å². The summed E-state index contributed by atoms with van der Waals surface area (Å²) in [7, 11) is -3.46. The highest BCUT2D eigenvalue weighted by Gasteiger charge is 2.11. The molecule has 0 unspecified atom stereocenters. The van der Waals surface area contributed by atoms with Gasteiger partial charge in [-0.05, 0) is 18.6 Å². The number of rotatable bonds is 12. The highest BCUT2D eigenvalue weighted by molar-refractivity contribution is 14.0. The fourth-order valence-electron chi connectivity index (χ4n) is 2.21. The molecule has 0 saturated heterocycles. The smallest absolute Gasteiger partial charge is 0.240 e. The summed E-state index contributed by atoms with van der Waals surface area (Å²) in [5, 5.41) is 2.92. The van der Waals surface area contributed by atoms with Crippen LogP contribution >= 0.6 is 24.0 Å². The third kappa shape index (κ3) is 11.4. The highest BCUT2D eigenvalue weighted by atomic mass is 127. The summed E-state index contributed by atoms with van der Waals surface area (Å²) in [6, 6.07) is 8.29. The lowest BCUT2D eigenvalue weighted by atomic mass is 10.1. The first kappa shape index (κ1) is 24.1. The second kappa shape index (κ2) is 14.3. The maximum atomic E-state index is 12.0. The molecule has 0 aliphatic heterocycles. The summed E-state index contributed by atoms with van der Waals surface area (Å²) in [5.74, 6) is 0.363. The van der Waals surface area contributed by atoms with Crippen LogP contribution in [0.15, 0.2) is 40.2 Å². The summed E-state index contributed by atoms with van der Waals surface area (Å²) in [5.41, 5.74) is 5.76. The van der Waals surface area contributed by atoms with Crippen molar-refractivity contribution in [1.29, 1.82) is 0 Å². The van der Waals surface area contributed by atoms with Crippen LogP contribution in [-0.4, -0.2) is 34.0 Å². The van der Waals surface area contributed by atoms with Gasteiger partial charge in [-0.2, -0.15) is 0 Å². The van der Waals surface area contributed by atoms with E-state index in [1.54, 1.807) is 30.3 Å². The van der Waals surface area contributed by atoms with E-state index in [0.29, 0.717) is 19.0 Å². The topological polar surface area (TPSA) is 96.6 Å². The number of sulfonamides is 1. The van der Waals surface area contributed by atoms with E-state index in [1.807, 2.05) is 0 Å². The van der Waals surface area contributed by atoms with E-state index in [4.69, 9.17) is 5.73 Å². The second-order valence-electron chi connectivity index (χ2n) is 5.67. The van der Waals surface area contributed by atoms with E-state index >= 15 is 0 Å². The second-order valence-corrected chi connectivity index (χ2v) is 7.44. The van der Waals surface area contributed by atoms with Gasteiger partial charge in [-0.15, -0.1) is 24.0 Å². The van der Waals surface area contributed by atoms with E-state index in [-0.39, 0.29) is 35.4 Å². The molecule has 0 saturated carbocycles. The zero-order valence-electron chi connectivity index (χ0n) is 14.9. The number of nitrogens with two attached hydrogens (primary N) is 1. The predicted molar refractivity (Wildman–Crippen MR) is 115 cm³/mol. The van der Waals surface area contributed by atoms with E-state index < -0.39 is 10.0 Å². The zero-order valence-corrected chi connectivity index (χ0v) is 18.1. The average Bonchev–Trinajstić information content (AvgIpc) is 2.59. The van der Waals surface area contributed by atoms with Gasteiger partial charge in [0, 0.05) is 19.6 Å². The molecule has 6 nitrogen and oxygen atoms in total. The molecule has 0 fully saturated rings. The van der Waals surface area contributed by atoms with Crippen LogP contribution < -0.4 is 15.8 Å². The quantitative estimate of drug-likeness (QED) is 0.185. The Kier molecular flexibility index (Phi) is 13.8. The third-order valence-electron chi connectivity index (χ3n) is 3.57. The molecule has 1 aromatic carbocycles. The lowest BCUT2D eigenvalue weighted by Crippen LogP contribution is -2.38. The van der Waals surface area contributed by atoms with Crippen molar-refractivity contribution in [2.45, 2.75) is 50.3 Å². The Morgan fingerprint density at radius 1 is 1.04 bits per heavy atom. The van der Waals surface area contributed by atoms with Crippen LogP contribution in [0, 0.1) is 0 Å². The van der Waals surface area contributed by atoms with Gasteiger partial charge in [0.25, 0.3) is 0 Å². The molecule has 0 aliphatic carbocycles. The predicted octanol–water partition coefficient (Wildman–Crippen LogP) is 2.85. The van der Waals surface area contributed by atoms with Crippen molar-refractivity contribution in [3.05, 3.63) is 30.3 Å². The van der Waals surface area contributed by atoms with Crippen LogP contribution in [0.5, 0.6) is 0 Å². The molecule has 1 rings (SSSR count). The van der Waals surface area contributed by atoms with Crippen molar-refractivity contribution < 1.29 is 8.42 Å². The lowest BCUT2D eigenvalue weighted by molar-refractivity contribution is 0.580. The Morgan fingerprint density at radius 3 is 2.36 bits per heavy atom. The van der Waals surface area contributed by atoms with Gasteiger partial charge in [-0.1, -0.05) is 57.2 Å². The number of hydrogen-bond donors (Lipinski definition) is 3. The van der Waals surface area contributed by atoms with Crippen molar-refractivity contribution in [2.24, 2.45) is 10.7 Å². The Bertz CT molecular complexity index is 580. The summed E-state index contributed by atoms with van der Waals surface area (Å²) in [6.07, 6.45) is 7.29. The van der Waals surface area contributed by atoms with E-state index in [9.17, 15) is 8.42 Å². The van der Waals surface area contributed by atoms with Crippen LogP contribution in [0.3, 0.4) is 0 Å². The molecule has 1 aromatic rings. The molecule has 144 valence electrons. The summed E-state index contributed by atoms with van der Waals surface area (Å²) in [6.45, 7) is 3.57. The Labute approximate surface area is 169 Å². The molecule has 4 N–H and O–H groups in total. The molecule has 0 atom stereocenters. The minimum absolute atomic E-state index is 0. The van der Waals surface area contributed by atoms with Gasteiger partial charge in [0.2, 0.25) is 10.0 Å². The first-order valence-corrected chi connectivity index (χ1v) is 10.1. The standard InChI is InChI=1S/C17H30N4O2S.HI/c1-2-3-4-5-6-10-13-19-17(18)20-14-15-21-24(22,23)16-11-8-7-9-12-16;/h7-9,11-12,21H,2-6,10,13-15H2,1H3,(H3,18,19,20);1H. The monoisotopic (exact) mass is 482 g/mol. The summed E-state index contributed by atoms with van der Waals surface area (Å²) < 4.78 is 26.5. The number of nitrogens with zero attached hydrogens (tertiary/aromatic N) is 1. The van der Waals surface area contributed by atoms with Gasteiger partial charge >= 0.3 is 0 Å². The number of halogens is 1. The molecule has 0 bridgehead atoms. The Morgan fingerprint density at radius 2 is 1.68 bits per heavy atom. The van der Waals surface area contributed by atoms with Crippen LogP contribution in [0.2, 0.25) is 0 Å². The van der Waals surface area contributed by atoms with Crippen molar-refractivity contribution in [3.63, 3.8) is 0 Å². The first-order valence-electron chi connectivity index (χ1n) is 8.64. The summed E-state index contributed by atoms with van der Waals surface area (Å²) >= 11 is 0. The number of nitrogens with one attached hydrogen (secondary N) is 2. The number of guanidine groups is 1. The van der Waals surface area contributed by atoms with E-state index in [1.165, 1.54) is 32.1 Å². The number of aliphatic imine (C=N–C) groups is 1. The molecule has 0 radical (unpaired) electrons. The van der Waals surface area contributed by atoms with Crippen LogP contribution in [0.25, 0.3) is 0 Å². The van der Waals surface area contributed by atoms with Crippen LogP contribution in [0.1, 0.15) is 45.4 Å². The number of unbranched alkanes of at least 4 members (excludes halogenated alkanes) is 5. The fourth-order valence-corrected chi connectivity index (χ4v) is 3.26. The molecule has 0 heterocycles. The maximum Gasteiger partial charge on any atom is 0.240 e. The molecule has 0 aromatic heterocycles. The third-order valence-corrected chi connectivity index (χ3v) is 5.05. The maximum absolute atomic E-state index is 12.0. The Hall–Kier alpha value is -0.870. The zero-order chi connectivity index (χ0) is 17.7. The molecule has 8 heteroatoms. The largest absolute Gasteiger partial charge is 0.370 e. The molecule has 0 aliphatic rings. The van der Waals surface area contributed by atoms with Gasteiger partial charge in [0.1, 0.15) is 0 Å². The molecule has 0 spiro atoms. The highest BCUT2D eigenvalue weighted by Crippen LogP contribution is 2.06. The molecule has 25 heavy (non-hydrogen) atoms. The van der Waals surface area contributed by atoms with Gasteiger partial charge < -0.3 is 11.1 Å². The van der Waals surface area contributed by atoms with Crippen LogP contribution in [0.4, 0.5) is 0 Å². The minimum Gasteiger partial charge on any atom is -0.370 e. The van der Waals surface area contributed by atoms with Gasteiger partial charge in [0.05, 0.1) is 4.90 Å². The van der Waals surface area contributed by atoms with Gasteiger partial charge in [0.15, 0.2) is 5.96 Å². The van der Waals surface area contributed by atoms with Gasteiger partial charge in [-0.25, -0.2) is 13.1 Å². The summed E-state index contributed by atoms with van der Waals surface area (Å²) in [4.78, 5) is 4.50. The fraction of sp³-hybridized carbons (Fsp3) is 0.588.